The SMILES string of the molecule is COC1=CCOC(/C=C/CP(=O)(OC)OC)=C1C. The molecule has 1 rings (SSSR count). The van der Waals surface area contributed by atoms with Crippen LogP contribution in [0.1, 0.15) is 6.92 Å². The molecular weight excluding hydrogens is 255 g/mol. The Morgan fingerprint density at radius 2 is 2.06 bits per heavy atom. The summed E-state index contributed by atoms with van der Waals surface area (Å²) in [6, 6.07) is 0. The van der Waals surface area contributed by atoms with Crippen LogP contribution in [0.25, 0.3) is 0 Å². The van der Waals surface area contributed by atoms with Crippen molar-refractivity contribution in [3.63, 3.8) is 0 Å². The van der Waals surface area contributed by atoms with Crippen LogP contribution in [0, 0.1) is 0 Å². The van der Waals surface area contributed by atoms with Crippen LogP contribution in [0.3, 0.4) is 0 Å². The lowest BCUT2D eigenvalue weighted by Gasteiger charge is -2.17. The number of allylic oxidation sites excluding steroid dienone is 3. The van der Waals surface area contributed by atoms with Crippen LogP contribution in [0.2, 0.25) is 0 Å². The number of ether oxygens (including phenoxy) is 2. The predicted octanol–water partition coefficient (Wildman–Crippen LogP) is 2.86. The van der Waals surface area contributed by atoms with E-state index in [9.17, 15) is 4.57 Å². The van der Waals surface area contributed by atoms with Crippen molar-refractivity contribution < 1.29 is 23.1 Å². The molecule has 0 aliphatic carbocycles. The highest BCUT2D eigenvalue weighted by molar-refractivity contribution is 7.54. The van der Waals surface area contributed by atoms with Crippen molar-refractivity contribution in [1.29, 1.82) is 0 Å². The monoisotopic (exact) mass is 274 g/mol. The van der Waals surface area contributed by atoms with Gasteiger partial charge in [0.05, 0.1) is 13.3 Å². The van der Waals surface area contributed by atoms with E-state index in [0.717, 1.165) is 11.3 Å². The van der Waals surface area contributed by atoms with Crippen LogP contribution in [0.4, 0.5) is 0 Å². The summed E-state index contributed by atoms with van der Waals surface area (Å²) in [5.41, 5.74) is 0.907. The Kier molecular flexibility index (Phi) is 5.66. The summed E-state index contributed by atoms with van der Waals surface area (Å²) in [7, 11) is 1.35. The molecule has 0 radical (unpaired) electrons. The van der Waals surface area contributed by atoms with Gasteiger partial charge in [0, 0.05) is 19.8 Å². The molecule has 102 valence electrons. The summed E-state index contributed by atoms with van der Waals surface area (Å²) >= 11 is 0. The van der Waals surface area contributed by atoms with E-state index in [1.165, 1.54) is 14.2 Å². The summed E-state index contributed by atoms with van der Waals surface area (Å²) in [6.45, 7) is 2.37. The number of rotatable bonds is 6. The van der Waals surface area contributed by atoms with Crippen molar-refractivity contribution in [3.05, 3.63) is 35.3 Å². The van der Waals surface area contributed by atoms with Gasteiger partial charge in [-0.25, -0.2) is 0 Å². The van der Waals surface area contributed by atoms with E-state index in [1.54, 1.807) is 19.3 Å². The van der Waals surface area contributed by atoms with Crippen molar-refractivity contribution in [2.24, 2.45) is 0 Å². The Bertz CT molecular complexity index is 414. The van der Waals surface area contributed by atoms with Crippen LogP contribution >= 0.6 is 7.60 Å². The molecule has 0 saturated heterocycles. The molecule has 6 heteroatoms. The zero-order chi connectivity index (χ0) is 13.6. The average molecular weight is 274 g/mol. The molecule has 1 aliphatic rings. The minimum Gasteiger partial charge on any atom is -0.497 e. The van der Waals surface area contributed by atoms with E-state index in [-0.39, 0.29) is 6.16 Å². The maximum absolute atomic E-state index is 11.8. The Balaban J connectivity index is 2.73. The molecule has 0 aromatic rings. The molecular formula is C12H19O5P. The van der Waals surface area contributed by atoms with Gasteiger partial charge in [0.1, 0.15) is 18.1 Å². The van der Waals surface area contributed by atoms with Gasteiger partial charge in [-0.15, -0.1) is 0 Å². The minimum atomic E-state index is -3.00. The highest BCUT2D eigenvalue weighted by atomic mass is 31.2. The smallest absolute Gasteiger partial charge is 0.333 e. The Morgan fingerprint density at radius 1 is 1.39 bits per heavy atom. The van der Waals surface area contributed by atoms with E-state index in [1.807, 2.05) is 13.0 Å². The van der Waals surface area contributed by atoms with E-state index in [4.69, 9.17) is 18.5 Å². The van der Waals surface area contributed by atoms with Crippen LogP contribution < -0.4 is 0 Å². The van der Waals surface area contributed by atoms with Crippen LogP contribution in [0.5, 0.6) is 0 Å². The van der Waals surface area contributed by atoms with Gasteiger partial charge in [0.15, 0.2) is 0 Å². The van der Waals surface area contributed by atoms with Crippen molar-refractivity contribution in [1.82, 2.24) is 0 Å². The largest absolute Gasteiger partial charge is 0.497 e. The van der Waals surface area contributed by atoms with Crippen LogP contribution in [-0.2, 0) is 23.1 Å². The fourth-order valence-electron chi connectivity index (χ4n) is 1.51. The molecule has 0 atom stereocenters. The second-order valence-corrected chi connectivity index (χ2v) is 5.95. The summed E-state index contributed by atoms with van der Waals surface area (Å²) < 4.78 is 32.2. The van der Waals surface area contributed by atoms with E-state index in [2.05, 4.69) is 0 Å². The maximum atomic E-state index is 11.8. The molecule has 0 aromatic carbocycles. The maximum Gasteiger partial charge on any atom is 0.333 e. The lowest BCUT2D eigenvalue weighted by atomic mass is 10.1. The van der Waals surface area contributed by atoms with Gasteiger partial charge >= 0.3 is 7.60 Å². The second-order valence-electron chi connectivity index (χ2n) is 3.63. The van der Waals surface area contributed by atoms with Gasteiger partial charge in [-0.3, -0.25) is 4.57 Å². The average Bonchev–Trinajstić information content (AvgIpc) is 2.40. The first kappa shape index (κ1) is 15.0. The highest BCUT2D eigenvalue weighted by Crippen LogP contribution is 2.46. The van der Waals surface area contributed by atoms with Gasteiger partial charge in [-0.2, -0.15) is 0 Å². The third-order valence-electron chi connectivity index (χ3n) is 2.62. The molecule has 5 nitrogen and oxygen atoms in total. The molecule has 1 heterocycles. The molecule has 0 aromatic heterocycles. The Hall–Kier alpha value is -1.03. The van der Waals surface area contributed by atoms with Crippen molar-refractivity contribution in [2.45, 2.75) is 6.92 Å². The first-order chi connectivity index (χ1) is 8.56. The fourth-order valence-corrected chi connectivity index (χ4v) is 2.32. The number of methoxy groups -OCH3 is 1. The zero-order valence-corrected chi connectivity index (χ0v) is 12.0. The molecule has 0 N–H and O–H groups in total. The molecule has 0 unspecified atom stereocenters. The molecule has 0 spiro atoms. The topological polar surface area (TPSA) is 54.0 Å². The molecule has 1 aliphatic heterocycles. The van der Waals surface area contributed by atoms with Crippen LogP contribution in [0.15, 0.2) is 35.3 Å². The lowest BCUT2D eigenvalue weighted by Crippen LogP contribution is -2.05. The summed E-state index contributed by atoms with van der Waals surface area (Å²) in [5, 5.41) is 0. The summed E-state index contributed by atoms with van der Waals surface area (Å²) in [4.78, 5) is 0. The normalized spacial score (nSPS) is 16.8. The van der Waals surface area contributed by atoms with Gasteiger partial charge < -0.3 is 18.5 Å². The third-order valence-corrected chi connectivity index (χ3v) is 4.39. The number of hydrogen-bond donors (Lipinski definition) is 0. The van der Waals surface area contributed by atoms with E-state index in [0.29, 0.717) is 12.4 Å². The van der Waals surface area contributed by atoms with Crippen LogP contribution in [-0.4, -0.2) is 34.1 Å². The van der Waals surface area contributed by atoms with Gasteiger partial charge in [0.2, 0.25) is 0 Å². The lowest BCUT2D eigenvalue weighted by molar-refractivity contribution is 0.223. The summed E-state index contributed by atoms with van der Waals surface area (Å²) in [6.07, 6.45) is 5.53. The molecule has 18 heavy (non-hydrogen) atoms. The first-order valence-corrected chi connectivity index (χ1v) is 7.24. The van der Waals surface area contributed by atoms with Crippen molar-refractivity contribution in [3.8, 4) is 0 Å². The Labute approximate surface area is 108 Å². The van der Waals surface area contributed by atoms with Gasteiger partial charge in [0.25, 0.3) is 0 Å². The standard InChI is InChI=1S/C12H19O5P/c1-10-11(14-2)7-8-17-12(10)6-5-9-18(13,15-3)16-4/h5-7H,8-9H2,1-4H3/b6-5+. The second kappa shape index (κ2) is 6.78. The first-order valence-electron chi connectivity index (χ1n) is 5.51. The molecule has 0 fully saturated rings. The van der Waals surface area contributed by atoms with E-state index >= 15 is 0 Å². The third kappa shape index (κ3) is 3.73. The molecule has 0 saturated carbocycles. The zero-order valence-electron chi connectivity index (χ0n) is 11.1. The minimum absolute atomic E-state index is 0.201. The molecule has 0 bridgehead atoms. The Morgan fingerprint density at radius 3 is 2.61 bits per heavy atom. The fraction of sp³-hybridized carbons (Fsp3) is 0.500. The predicted molar refractivity (Wildman–Crippen MR) is 69.4 cm³/mol. The number of hydrogen-bond acceptors (Lipinski definition) is 5. The van der Waals surface area contributed by atoms with Gasteiger partial charge in [-0.1, -0.05) is 6.08 Å². The quantitative estimate of drug-likeness (QED) is 0.697. The highest BCUT2D eigenvalue weighted by Gasteiger charge is 2.19. The summed E-state index contributed by atoms with van der Waals surface area (Å²) in [5.74, 6) is 1.50. The van der Waals surface area contributed by atoms with Gasteiger partial charge in [-0.05, 0) is 19.1 Å². The van der Waals surface area contributed by atoms with Crippen molar-refractivity contribution >= 4 is 7.60 Å². The van der Waals surface area contributed by atoms with Crippen molar-refractivity contribution in [2.75, 3.05) is 34.1 Å². The molecule has 0 amide bonds. The van der Waals surface area contributed by atoms with E-state index < -0.39 is 7.60 Å².